The van der Waals surface area contributed by atoms with E-state index in [1.807, 2.05) is 56.3 Å². The van der Waals surface area contributed by atoms with E-state index in [4.69, 9.17) is 4.74 Å². The van der Waals surface area contributed by atoms with Crippen LogP contribution in [0.5, 0.6) is 5.88 Å². The molecule has 1 aromatic carbocycles. The molecular weight excluding hydrogens is 316 g/mol. The van der Waals surface area contributed by atoms with Crippen LogP contribution in [0.4, 0.5) is 0 Å². The highest BCUT2D eigenvalue weighted by Gasteiger charge is 2.18. The average Bonchev–Trinajstić information content (AvgIpc) is 3.07. The van der Waals surface area contributed by atoms with E-state index in [9.17, 15) is 4.79 Å². The molecule has 6 nitrogen and oxygen atoms in total. The highest BCUT2D eigenvalue weighted by atomic mass is 16.5. The van der Waals surface area contributed by atoms with Crippen molar-refractivity contribution in [3.8, 4) is 11.6 Å². The zero-order chi connectivity index (χ0) is 17.6. The molecule has 1 N–H and O–H groups in total. The Morgan fingerprint density at radius 1 is 1.20 bits per heavy atom. The summed E-state index contributed by atoms with van der Waals surface area (Å²) in [5.74, 6) is 0.287. The number of amides is 1. The topological polar surface area (TPSA) is 69.0 Å². The molecule has 2 heterocycles. The highest BCUT2D eigenvalue weighted by molar-refractivity contribution is 5.93. The van der Waals surface area contributed by atoms with Crippen LogP contribution in [-0.4, -0.2) is 27.3 Å². The van der Waals surface area contributed by atoms with Crippen molar-refractivity contribution in [2.75, 3.05) is 6.61 Å². The summed E-state index contributed by atoms with van der Waals surface area (Å²) in [7, 11) is 0. The first-order valence-corrected chi connectivity index (χ1v) is 8.18. The van der Waals surface area contributed by atoms with Crippen LogP contribution in [0.2, 0.25) is 0 Å². The largest absolute Gasteiger partial charge is 0.478 e. The molecule has 0 aliphatic heterocycles. The predicted molar refractivity (Wildman–Crippen MR) is 94.9 cm³/mol. The summed E-state index contributed by atoms with van der Waals surface area (Å²) in [5, 5.41) is 7.36. The summed E-state index contributed by atoms with van der Waals surface area (Å²) in [6.07, 6.45) is 3.41. The first kappa shape index (κ1) is 16.7. The number of carbonyl (C=O) groups is 1. The van der Waals surface area contributed by atoms with Crippen LogP contribution in [0.15, 0.2) is 60.9 Å². The number of pyridine rings is 1. The summed E-state index contributed by atoms with van der Waals surface area (Å²) in [6, 6.07) is 14.8. The quantitative estimate of drug-likeness (QED) is 0.751. The van der Waals surface area contributed by atoms with Gasteiger partial charge in [-0.3, -0.25) is 9.78 Å². The second-order valence-electron chi connectivity index (χ2n) is 5.52. The van der Waals surface area contributed by atoms with Gasteiger partial charge >= 0.3 is 0 Å². The maximum atomic E-state index is 12.6. The Morgan fingerprint density at radius 2 is 1.92 bits per heavy atom. The minimum Gasteiger partial charge on any atom is -0.478 e. The van der Waals surface area contributed by atoms with E-state index in [-0.39, 0.29) is 11.9 Å². The van der Waals surface area contributed by atoms with Gasteiger partial charge in [0.2, 0.25) is 5.88 Å². The summed E-state index contributed by atoms with van der Waals surface area (Å²) in [5.41, 5.74) is 2.14. The Morgan fingerprint density at radius 3 is 2.60 bits per heavy atom. The number of benzene rings is 1. The molecule has 2 aromatic heterocycles. The number of rotatable bonds is 6. The lowest BCUT2D eigenvalue weighted by molar-refractivity contribution is 0.0934. The van der Waals surface area contributed by atoms with Crippen molar-refractivity contribution in [2.24, 2.45) is 0 Å². The van der Waals surface area contributed by atoms with Gasteiger partial charge in [-0.2, -0.15) is 5.10 Å². The lowest BCUT2D eigenvalue weighted by atomic mass is 10.1. The number of hydrogen-bond donors (Lipinski definition) is 1. The van der Waals surface area contributed by atoms with Crippen molar-refractivity contribution < 1.29 is 9.53 Å². The van der Waals surface area contributed by atoms with Crippen LogP contribution < -0.4 is 10.1 Å². The van der Waals surface area contributed by atoms with Crippen LogP contribution in [0, 0.1) is 0 Å². The van der Waals surface area contributed by atoms with Crippen LogP contribution in [0.25, 0.3) is 5.69 Å². The van der Waals surface area contributed by atoms with E-state index < -0.39 is 0 Å². The van der Waals surface area contributed by atoms with Gasteiger partial charge in [0.15, 0.2) is 5.69 Å². The van der Waals surface area contributed by atoms with Crippen LogP contribution in [0.3, 0.4) is 0 Å². The lowest BCUT2D eigenvalue weighted by Gasteiger charge is -2.12. The lowest BCUT2D eigenvalue weighted by Crippen LogP contribution is -2.27. The van der Waals surface area contributed by atoms with E-state index in [0.717, 1.165) is 11.3 Å². The molecular formula is C19H20N4O2. The molecule has 0 radical (unpaired) electrons. The molecule has 0 saturated heterocycles. The third-order valence-corrected chi connectivity index (χ3v) is 3.76. The molecule has 0 fully saturated rings. The Kier molecular flexibility index (Phi) is 5.09. The molecule has 0 bridgehead atoms. The van der Waals surface area contributed by atoms with E-state index >= 15 is 0 Å². The number of para-hydroxylation sites is 1. The SMILES string of the molecule is CCOc1cc(C(=O)N[C@@H](C)c2ccncc2)nn1-c1ccccc1. The van der Waals surface area contributed by atoms with Gasteiger partial charge < -0.3 is 10.1 Å². The summed E-state index contributed by atoms with van der Waals surface area (Å²) >= 11 is 0. The molecule has 0 aliphatic rings. The molecule has 0 aliphatic carbocycles. The number of nitrogens with one attached hydrogen (secondary N) is 1. The van der Waals surface area contributed by atoms with E-state index in [0.29, 0.717) is 18.2 Å². The normalized spacial score (nSPS) is 11.8. The Hall–Kier alpha value is -3.15. The molecule has 0 unspecified atom stereocenters. The van der Waals surface area contributed by atoms with Gasteiger partial charge in [-0.25, -0.2) is 4.68 Å². The fourth-order valence-electron chi connectivity index (χ4n) is 2.49. The Bertz CT molecular complexity index is 831. The third-order valence-electron chi connectivity index (χ3n) is 3.76. The molecule has 128 valence electrons. The van der Waals surface area contributed by atoms with E-state index in [1.165, 1.54) is 0 Å². The van der Waals surface area contributed by atoms with Gasteiger partial charge in [-0.1, -0.05) is 18.2 Å². The molecule has 0 saturated carbocycles. The van der Waals surface area contributed by atoms with Crippen molar-refractivity contribution in [1.29, 1.82) is 0 Å². The fourth-order valence-corrected chi connectivity index (χ4v) is 2.49. The maximum Gasteiger partial charge on any atom is 0.272 e. The number of nitrogens with zero attached hydrogens (tertiary/aromatic N) is 3. The minimum atomic E-state index is -0.250. The number of ether oxygens (including phenoxy) is 1. The smallest absolute Gasteiger partial charge is 0.272 e. The van der Waals surface area contributed by atoms with E-state index in [2.05, 4.69) is 15.4 Å². The number of carbonyl (C=O) groups excluding carboxylic acids is 1. The molecule has 1 amide bonds. The summed E-state index contributed by atoms with van der Waals surface area (Å²) in [4.78, 5) is 16.6. The number of hydrogen-bond acceptors (Lipinski definition) is 4. The van der Waals surface area contributed by atoms with Gasteiger partial charge in [0.1, 0.15) is 0 Å². The van der Waals surface area contributed by atoms with Gasteiger partial charge in [0.05, 0.1) is 18.3 Å². The van der Waals surface area contributed by atoms with Crippen molar-refractivity contribution in [3.63, 3.8) is 0 Å². The first-order valence-electron chi connectivity index (χ1n) is 8.18. The number of aromatic nitrogens is 3. The molecule has 3 aromatic rings. The van der Waals surface area contributed by atoms with Crippen molar-refractivity contribution >= 4 is 5.91 Å². The molecule has 6 heteroatoms. The van der Waals surface area contributed by atoms with Gasteiger partial charge in [0, 0.05) is 18.5 Å². The zero-order valence-corrected chi connectivity index (χ0v) is 14.2. The molecule has 0 spiro atoms. The van der Waals surface area contributed by atoms with Crippen LogP contribution in [-0.2, 0) is 0 Å². The fraction of sp³-hybridized carbons (Fsp3) is 0.211. The first-order chi connectivity index (χ1) is 12.2. The van der Waals surface area contributed by atoms with Crippen LogP contribution in [0.1, 0.15) is 35.9 Å². The second-order valence-corrected chi connectivity index (χ2v) is 5.52. The van der Waals surface area contributed by atoms with Gasteiger partial charge in [-0.15, -0.1) is 0 Å². The average molecular weight is 336 g/mol. The van der Waals surface area contributed by atoms with Gasteiger partial charge in [-0.05, 0) is 43.7 Å². The zero-order valence-electron chi connectivity index (χ0n) is 14.2. The van der Waals surface area contributed by atoms with Crippen LogP contribution >= 0.6 is 0 Å². The molecule has 1 atom stereocenters. The summed E-state index contributed by atoms with van der Waals surface area (Å²) < 4.78 is 7.26. The predicted octanol–water partition coefficient (Wildman–Crippen LogP) is 3.16. The molecule has 25 heavy (non-hydrogen) atoms. The minimum absolute atomic E-state index is 0.145. The van der Waals surface area contributed by atoms with E-state index in [1.54, 1.807) is 23.1 Å². The van der Waals surface area contributed by atoms with Crippen molar-refractivity contribution in [3.05, 3.63) is 72.2 Å². The Labute approximate surface area is 146 Å². The molecule has 3 rings (SSSR count). The Balaban J connectivity index is 1.83. The standard InChI is InChI=1S/C19H20N4O2/c1-3-25-18-13-17(22-23(18)16-7-5-4-6-8-16)19(24)21-14(2)15-9-11-20-12-10-15/h4-14H,3H2,1-2H3,(H,21,24)/t14-/m0/s1. The van der Waals surface area contributed by atoms with Crippen molar-refractivity contribution in [2.45, 2.75) is 19.9 Å². The van der Waals surface area contributed by atoms with Crippen molar-refractivity contribution in [1.82, 2.24) is 20.1 Å². The summed E-state index contributed by atoms with van der Waals surface area (Å²) in [6.45, 7) is 4.31. The second kappa shape index (κ2) is 7.61. The highest BCUT2D eigenvalue weighted by Crippen LogP contribution is 2.20. The third kappa shape index (κ3) is 3.85. The van der Waals surface area contributed by atoms with Gasteiger partial charge in [0.25, 0.3) is 5.91 Å². The monoisotopic (exact) mass is 336 g/mol. The maximum absolute atomic E-state index is 12.6.